The van der Waals surface area contributed by atoms with Crippen LogP contribution in [-0.4, -0.2) is 30.6 Å². The zero-order valence-electron chi connectivity index (χ0n) is 12.8. The van der Waals surface area contributed by atoms with Gasteiger partial charge in [0.25, 0.3) is 5.91 Å². The summed E-state index contributed by atoms with van der Waals surface area (Å²) in [4.78, 5) is 46.8. The van der Waals surface area contributed by atoms with E-state index in [2.05, 4.69) is 5.32 Å². The molecule has 130 valence electrons. The first-order valence-corrected chi connectivity index (χ1v) is 7.81. The van der Waals surface area contributed by atoms with Gasteiger partial charge in [-0.1, -0.05) is 11.6 Å². The lowest BCUT2D eigenvalue weighted by Gasteiger charge is -2.06. The van der Waals surface area contributed by atoms with E-state index in [9.17, 15) is 19.2 Å². The highest BCUT2D eigenvalue weighted by Gasteiger charge is 2.24. The van der Waals surface area contributed by atoms with Crippen LogP contribution in [-0.2, 0) is 9.53 Å². The molecule has 0 aliphatic heterocycles. The maximum absolute atomic E-state index is 12.0. The molecule has 0 spiro atoms. The summed E-state index contributed by atoms with van der Waals surface area (Å²) in [7, 11) is 0. The summed E-state index contributed by atoms with van der Waals surface area (Å²) in [5.74, 6) is -2.14. The average molecular weight is 365 g/mol. The fourth-order valence-corrected chi connectivity index (χ4v) is 2.22. The van der Waals surface area contributed by atoms with Gasteiger partial charge in [0.2, 0.25) is 5.76 Å². The van der Waals surface area contributed by atoms with E-state index in [-0.39, 0.29) is 22.8 Å². The standard InChI is InChI=1S/C16H13ClN2O6/c17-8-1-4-12-10(5-8)11(20)6-13(25-12)15(22)24-7-14(21)19-16(23)18-9-2-3-9/h1,4-6,9H,2-3,7H2,(H2,18,19,21,23). The van der Waals surface area contributed by atoms with Crippen LogP contribution in [0.4, 0.5) is 4.79 Å². The van der Waals surface area contributed by atoms with E-state index in [0.717, 1.165) is 18.9 Å². The summed E-state index contributed by atoms with van der Waals surface area (Å²) >= 11 is 5.81. The van der Waals surface area contributed by atoms with Gasteiger partial charge in [-0.25, -0.2) is 9.59 Å². The third-order valence-corrected chi connectivity index (χ3v) is 3.63. The minimum absolute atomic E-state index is 0.0933. The van der Waals surface area contributed by atoms with E-state index in [1.807, 2.05) is 5.32 Å². The molecular formula is C16H13ClN2O6. The Kier molecular flexibility index (Phi) is 4.71. The number of hydrogen-bond donors (Lipinski definition) is 2. The molecule has 1 aliphatic rings. The smallest absolute Gasteiger partial charge is 0.374 e. The van der Waals surface area contributed by atoms with Crippen molar-refractivity contribution in [2.45, 2.75) is 18.9 Å². The van der Waals surface area contributed by atoms with Crippen molar-refractivity contribution in [1.29, 1.82) is 0 Å². The van der Waals surface area contributed by atoms with E-state index >= 15 is 0 Å². The number of urea groups is 1. The van der Waals surface area contributed by atoms with Crippen molar-refractivity contribution in [3.05, 3.63) is 45.3 Å². The molecule has 0 bridgehead atoms. The zero-order chi connectivity index (χ0) is 18.0. The van der Waals surface area contributed by atoms with Crippen LogP contribution in [0, 0.1) is 0 Å². The van der Waals surface area contributed by atoms with Gasteiger partial charge in [-0.2, -0.15) is 0 Å². The minimum Gasteiger partial charge on any atom is -0.450 e. The van der Waals surface area contributed by atoms with Crippen LogP contribution in [0.15, 0.2) is 33.5 Å². The second-order valence-corrected chi connectivity index (χ2v) is 5.92. The summed E-state index contributed by atoms with van der Waals surface area (Å²) in [6.45, 7) is -0.681. The monoisotopic (exact) mass is 364 g/mol. The van der Waals surface area contributed by atoms with E-state index < -0.39 is 29.9 Å². The van der Waals surface area contributed by atoms with Gasteiger partial charge in [-0.3, -0.25) is 14.9 Å². The number of benzene rings is 1. The summed E-state index contributed by atoms with van der Waals surface area (Å²) in [5, 5.41) is 5.16. The first-order chi connectivity index (χ1) is 11.9. The molecule has 0 atom stereocenters. The number of halogens is 1. The van der Waals surface area contributed by atoms with E-state index in [1.165, 1.54) is 18.2 Å². The number of rotatable bonds is 4. The topological polar surface area (TPSA) is 115 Å². The molecule has 1 aromatic heterocycles. The van der Waals surface area contributed by atoms with Gasteiger partial charge in [0.1, 0.15) is 5.58 Å². The van der Waals surface area contributed by atoms with Crippen LogP contribution in [0.25, 0.3) is 11.0 Å². The van der Waals surface area contributed by atoms with Gasteiger partial charge in [0.05, 0.1) is 5.39 Å². The van der Waals surface area contributed by atoms with Gasteiger partial charge in [-0.05, 0) is 31.0 Å². The van der Waals surface area contributed by atoms with Crippen LogP contribution >= 0.6 is 11.6 Å². The number of esters is 1. The first kappa shape index (κ1) is 17.0. The van der Waals surface area contributed by atoms with Gasteiger partial charge in [0.15, 0.2) is 12.0 Å². The number of amides is 3. The molecule has 9 heteroatoms. The second-order valence-electron chi connectivity index (χ2n) is 5.49. The quantitative estimate of drug-likeness (QED) is 0.796. The molecule has 1 aromatic carbocycles. The molecule has 1 aliphatic carbocycles. The van der Waals surface area contributed by atoms with E-state index in [4.69, 9.17) is 20.8 Å². The Morgan fingerprint density at radius 3 is 2.72 bits per heavy atom. The van der Waals surface area contributed by atoms with Crippen LogP contribution < -0.4 is 16.1 Å². The van der Waals surface area contributed by atoms with Crippen LogP contribution in [0.1, 0.15) is 23.4 Å². The normalized spacial score (nSPS) is 13.3. The molecule has 3 amide bonds. The summed E-state index contributed by atoms with van der Waals surface area (Å²) in [5.41, 5.74) is -0.305. The van der Waals surface area contributed by atoms with Gasteiger partial charge >= 0.3 is 12.0 Å². The summed E-state index contributed by atoms with van der Waals surface area (Å²) in [6, 6.07) is 4.79. The SMILES string of the molecule is O=C(COC(=O)c1cc(=O)c2cc(Cl)ccc2o1)NC(=O)NC1CC1. The molecule has 3 rings (SSSR count). The Bertz CT molecular complexity index is 918. The fourth-order valence-electron chi connectivity index (χ4n) is 2.04. The molecule has 1 heterocycles. The number of fused-ring (bicyclic) bond motifs is 1. The molecule has 8 nitrogen and oxygen atoms in total. The molecule has 2 aromatic rings. The van der Waals surface area contributed by atoms with Gasteiger partial charge < -0.3 is 14.5 Å². The lowest BCUT2D eigenvalue weighted by Crippen LogP contribution is -2.42. The Balaban J connectivity index is 1.61. The molecule has 0 radical (unpaired) electrons. The van der Waals surface area contributed by atoms with Crippen molar-refractivity contribution in [3.8, 4) is 0 Å². The first-order valence-electron chi connectivity index (χ1n) is 7.43. The average Bonchev–Trinajstić information content (AvgIpc) is 3.36. The van der Waals surface area contributed by atoms with Crippen LogP contribution in [0.2, 0.25) is 5.02 Å². The van der Waals surface area contributed by atoms with Crippen molar-refractivity contribution >= 4 is 40.5 Å². The largest absolute Gasteiger partial charge is 0.450 e. The fraction of sp³-hybridized carbons (Fsp3) is 0.250. The lowest BCUT2D eigenvalue weighted by molar-refractivity contribution is -0.123. The van der Waals surface area contributed by atoms with E-state index in [1.54, 1.807) is 0 Å². The number of hydrogen-bond acceptors (Lipinski definition) is 6. The van der Waals surface area contributed by atoms with Crippen molar-refractivity contribution < 1.29 is 23.5 Å². The molecule has 2 N–H and O–H groups in total. The lowest BCUT2D eigenvalue weighted by atomic mass is 10.2. The summed E-state index contributed by atoms with van der Waals surface area (Å²) in [6.07, 6.45) is 1.76. The Morgan fingerprint density at radius 2 is 2.00 bits per heavy atom. The number of imide groups is 1. The highest BCUT2D eigenvalue weighted by atomic mass is 35.5. The Labute approximate surface area is 146 Å². The van der Waals surface area contributed by atoms with Crippen molar-refractivity contribution in [2.75, 3.05) is 6.61 Å². The van der Waals surface area contributed by atoms with Gasteiger partial charge in [0, 0.05) is 17.1 Å². The molecule has 25 heavy (non-hydrogen) atoms. The highest BCUT2D eigenvalue weighted by molar-refractivity contribution is 6.31. The van der Waals surface area contributed by atoms with Crippen molar-refractivity contribution in [3.63, 3.8) is 0 Å². The third kappa shape index (κ3) is 4.36. The number of ether oxygens (including phenoxy) is 1. The number of nitrogens with one attached hydrogen (secondary N) is 2. The Hall–Kier alpha value is -2.87. The van der Waals surface area contributed by atoms with Crippen molar-refractivity contribution in [2.24, 2.45) is 0 Å². The predicted octanol–water partition coefficient (Wildman–Crippen LogP) is 1.59. The minimum atomic E-state index is -0.994. The van der Waals surface area contributed by atoms with Crippen LogP contribution in [0.3, 0.4) is 0 Å². The number of carbonyl (C=O) groups excluding carboxylic acids is 3. The van der Waals surface area contributed by atoms with Crippen molar-refractivity contribution in [1.82, 2.24) is 10.6 Å². The van der Waals surface area contributed by atoms with E-state index in [0.29, 0.717) is 5.02 Å². The molecule has 1 fully saturated rings. The zero-order valence-corrected chi connectivity index (χ0v) is 13.6. The highest BCUT2D eigenvalue weighted by Crippen LogP contribution is 2.18. The molecule has 0 saturated heterocycles. The molecule has 0 unspecified atom stereocenters. The predicted molar refractivity (Wildman–Crippen MR) is 87.5 cm³/mol. The molecular weight excluding hydrogens is 352 g/mol. The van der Waals surface area contributed by atoms with Crippen LogP contribution in [0.5, 0.6) is 0 Å². The number of carbonyl (C=O) groups is 3. The second kappa shape index (κ2) is 6.94. The van der Waals surface area contributed by atoms with Gasteiger partial charge in [-0.15, -0.1) is 0 Å². The Morgan fingerprint density at radius 1 is 1.24 bits per heavy atom. The molecule has 1 saturated carbocycles. The maximum Gasteiger partial charge on any atom is 0.374 e. The third-order valence-electron chi connectivity index (χ3n) is 3.39. The summed E-state index contributed by atoms with van der Waals surface area (Å²) < 4.78 is 10.0. The maximum atomic E-state index is 12.0.